The Balaban J connectivity index is 1.73. The summed E-state index contributed by atoms with van der Waals surface area (Å²) < 4.78 is 12.3. The van der Waals surface area contributed by atoms with Crippen molar-refractivity contribution in [3.05, 3.63) is 86.0 Å². The van der Waals surface area contributed by atoms with Gasteiger partial charge in [0, 0.05) is 14.9 Å². The summed E-state index contributed by atoms with van der Waals surface area (Å²) in [6.45, 7) is 2.53. The summed E-state index contributed by atoms with van der Waals surface area (Å²) >= 11 is 5.11. The van der Waals surface area contributed by atoms with Gasteiger partial charge in [0.05, 0.1) is 12.0 Å². The van der Waals surface area contributed by atoms with Crippen LogP contribution in [0.4, 0.5) is 0 Å². The number of rotatable bonds is 9. The normalized spacial score (nSPS) is 11.0. The number of halogens is 1. The largest absolute Gasteiger partial charge is 0.496 e. The van der Waals surface area contributed by atoms with E-state index in [1.165, 1.54) is 4.88 Å². The Hall–Kier alpha value is -2.37. The standard InChI is InChI=1S/C24H23BrO3S/c1-3-7-23-20(25)15-24(29-23)21(26)12-10-17-11-13-22(27-2)18(14-17)16-28-19-8-5-4-6-9-19/h4-6,8-15H,3,7,16H2,1-2H3/b12-10+. The van der Waals surface area contributed by atoms with Crippen molar-refractivity contribution in [2.45, 2.75) is 26.4 Å². The summed E-state index contributed by atoms with van der Waals surface area (Å²) in [5.74, 6) is 1.57. The van der Waals surface area contributed by atoms with E-state index in [1.54, 1.807) is 24.5 Å². The number of benzene rings is 2. The van der Waals surface area contributed by atoms with Gasteiger partial charge in [-0.2, -0.15) is 0 Å². The van der Waals surface area contributed by atoms with Crippen molar-refractivity contribution in [1.82, 2.24) is 0 Å². The van der Waals surface area contributed by atoms with Crippen LogP contribution in [0.25, 0.3) is 6.08 Å². The zero-order valence-electron chi connectivity index (χ0n) is 16.5. The van der Waals surface area contributed by atoms with Crippen molar-refractivity contribution in [2.75, 3.05) is 7.11 Å². The molecule has 0 amide bonds. The smallest absolute Gasteiger partial charge is 0.195 e. The van der Waals surface area contributed by atoms with Crippen LogP contribution in [-0.2, 0) is 13.0 Å². The number of hydrogen-bond donors (Lipinski definition) is 0. The highest BCUT2D eigenvalue weighted by Gasteiger charge is 2.11. The van der Waals surface area contributed by atoms with Crippen molar-refractivity contribution >= 4 is 39.1 Å². The average Bonchev–Trinajstić information content (AvgIpc) is 3.12. The Morgan fingerprint density at radius 3 is 2.66 bits per heavy atom. The molecule has 150 valence electrons. The van der Waals surface area contributed by atoms with E-state index < -0.39 is 0 Å². The molecule has 0 unspecified atom stereocenters. The Labute approximate surface area is 184 Å². The molecule has 0 fully saturated rings. The molecule has 2 aromatic carbocycles. The average molecular weight is 471 g/mol. The van der Waals surface area contributed by atoms with E-state index in [2.05, 4.69) is 22.9 Å². The van der Waals surface area contributed by atoms with Gasteiger partial charge in [0.25, 0.3) is 0 Å². The van der Waals surface area contributed by atoms with Crippen LogP contribution in [0.3, 0.4) is 0 Å². The summed E-state index contributed by atoms with van der Waals surface area (Å²) in [7, 11) is 1.64. The van der Waals surface area contributed by atoms with Gasteiger partial charge in [0.15, 0.2) is 5.78 Å². The first-order chi connectivity index (χ1) is 14.1. The van der Waals surface area contributed by atoms with Gasteiger partial charge in [-0.25, -0.2) is 0 Å². The number of aryl methyl sites for hydroxylation is 1. The monoisotopic (exact) mass is 470 g/mol. The van der Waals surface area contributed by atoms with Crippen LogP contribution in [0.15, 0.2) is 65.1 Å². The summed E-state index contributed by atoms with van der Waals surface area (Å²) in [6.07, 6.45) is 5.49. The van der Waals surface area contributed by atoms with Gasteiger partial charge in [-0.15, -0.1) is 11.3 Å². The van der Waals surface area contributed by atoms with Crippen LogP contribution < -0.4 is 9.47 Å². The third-order valence-corrected chi connectivity index (χ3v) is 6.53. The second-order valence-corrected chi connectivity index (χ2v) is 8.49. The van der Waals surface area contributed by atoms with E-state index in [9.17, 15) is 4.79 Å². The molecule has 0 spiro atoms. The lowest BCUT2D eigenvalue weighted by Crippen LogP contribution is -1.99. The topological polar surface area (TPSA) is 35.5 Å². The molecule has 0 aliphatic rings. The first-order valence-electron chi connectivity index (χ1n) is 9.46. The van der Waals surface area contributed by atoms with Crippen molar-refractivity contribution in [3.63, 3.8) is 0 Å². The lowest BCUT2D eigenvalue weighted by atomic mass is 10.1. The molecule has 0 aliphatic heterocycles. The Kier molecular flexibility index (Phi) is 7.67. The van der Waals surface area contributed by atoms with Crippen LogP contribution in [0.2, 0.25) is 0 Å². The summed E-state index contributed by atoms with van der Waals surface area (Å²) in [5, 5.41) is 0. The van der Waals surface area contributed by atoms with E-state index in [0.717, 1.165) is 44.8 Å². The third-order valence-electron chi connectivity index (χ3n) is 4.35. The van der Waals surface area contributed by atoms with Crippen LogP contribution in [-0.4, -0.2) is 12.9 Å². The van der Waals surface area contributed by atoms with E-state index in [-0.39, 0.29) is 5.78 Å². The lowest BCUT2D eigenvalue weighted by molar-refractivity contribution is 0.105. The molecule has 3 aromatic rings. The molecular weight excluding hydrogens is 448 g/mol. The fraction of sp³-hybridized carbons (Fsp3) is 0.208. The first kappa shape index (κ1) is 21.3. The number of ketones is 1. The maximum absolute atomic E-state index is 12.6. The minimum atomic E-state index is 0.0101. The summed E-state index contributed by atoms with van der Waals surface area (Å²) in [6, 6.07) is 17.4. The Morgan fingerprint density at radius 1 is 1.14 bits per heavy atom. The van der Waals surface area contributed by atoms with Crippen molar-refractivity contribution < 1.29 is 14.3 Å². The highest BCUT2D eigenvalue weighted by molar-refractivity contribution is 9.10. The first-order valence-corrected chi connectivity index (χ1v) is 11.1. The zero-order valence-corrected chi connectivity index (χ0v) is 18.9. The van der Waals surface area contributed by atoms with Crippen molar-refractivity contribution in [1.29, 1.82) is 0 Å². The number of methoxy groups -OCH3 is 1. The Morgan fingerprint density at radius 2 is 1.93 bits per heavy atom. The molecule has 3 nitrogen and oxygen atoms in total. The van der Waals surface area contributed by atoms with E-state index in [1.807, 2.05) is 60.7 Å². The predicted octanol–water partition coefficient (Wildman–Crippen LogP) is 6.95. The molecule has 0 aliphatic carbocycles. The number of hydrogen-bond acceptors (Lipinski definition) is 4. The predicted molar refractivity (Wildman–Crippen MR) is 123 cm³/mol. The van der Waals surface area contributed by atoms with Crippen LogP contribution in [0.1, 0.15) is 39.0 Å². The number of allylic oxidation sites excluding steroid dienone is 1. The molecule has 5 heteroatoms. The molecule has 0 N–H and O–H groups in total. The van der Waals surface area contributed by atoms with Crippen LogP contribution in [0.5, 0.6) is 11.5 Å². The number of ether oxygens (including phenoxy) is 2. The Bertz CT molecular complexity index is 993. The SMILES string of the molecule is CCCc1sc(C(=O)/C=C/c2ccc(OC)c(COc3ccccc3)c2)cc1Br. The van der Waals surface area contributed by atoms with Gasteiger partial charge in [0.2, 0.25) is 0 Å². The molecule has 0 bridgehead atoms. The fourth-order valence-electron chi connectivity index (χ4n) is 2.87. The minimum absolute atomic E-state index is 0.0101. The van der Waals surface area contributed by atoms with Gasteiger partial charge in [0.1, 0.15) is 18.1 Å². The maximum atomic E-state index is 12.6. The lowest BCUT2D eigenvalue weighted by Gasteiger charge is -2.11. The summed E-state index contributed by atoms with van der Waals surface area (Å²) in [5.41, 5.74) is 1.85. The van der Waals surface area contributed by atoms with E-state index in [0.29, 0.717) is 6.61 Å². The quantitative estimate of drug-likeness (QED) is 0.250. The molecule has 0 saturated heterocycles. The van der Waals surface area contributed by atoms with Gasteiger partial charge >= 0.3 is 0 Å². The highest BCUT2D eigenvalue weighted by atomic mass is 79.9. The van der Waals surface area contributed by atoms with Crippen molar-refractivity contribution in [3.8, 4) is 11.5 Å². The molecule has 0 saturated carbocycles. The molecule has 0 atom stereocenters. The van der Waals surface area contributed by atoms with E-state index in [4.69, 9.17) is 9.47 Å². The van der Waals surface area contributed by atoms with Crippen LogP contribution in [0, 0.1) is 0 Å². The fourth-order valence-corrected chi connectivity index (χ4v) is 4.77. The number of carbonyl (C=O) groups is 1. The third kappa shape index (κ3) is 5.81. The van der Waals surface area contributed by atoms with Gasteiger partial charge in [-0.1, -0.05) is 43.7 Å². The number of carbonyl (C=O) groups excluding carboxylic acids is 1. The highest BCUT2D eigenvalue weighted by Crippen LogP contribution is 2.29. The molecular formula is C24H23BrO3S. The molecule has 1 aromatic heterocycles. The van der Waals surface area contributed by atoms with Gasteiger partial charge < -0.3 is 9.47 Å². The summed E-state index contributed by atoms with van der Waals surface area (Å²) in [4.78, 5) is 14.5. The van der Waals surface area contributed by atoms with Gasteiger partial charge in [-0.05, 0) is 64.3 Å². The number of para-hydroxylation sites is 1. The molecule has 0 radical (unpaired) electrons. The van der Waals surface area contributed by atoms with E-state index >= 15 is 0 Å². The van der Waals surface area contributed by atoms with Gasteiger partial charge in [-0.3, -0.25) is 4.79 Å². The van der Waals surface area contributed by atoms with Crippen LogP contribution >= 0.6 is 27.3 Å². The molecule has 1 heterocycles. The second kappa shape index (κ2) is 10.4. The molecule has 3 rings (SSSR count). The molecule has 29 heavy (non-hydrogen) atoms. The number of thiophene rings is 1. The van der Waals surface area contributed by atoms with Crippen molar-refractivity contribution in [2.24, 2.45) is 0 Å². The zero-order chi connectivity index (χ0) is 20.6. The minimum Gasteiger partial charge on any atom is -0.496 e. The maximum Gasteiger partial charge on any atom is 0.195 e. The second-order valence-electron chi connectivity index (χ2n) is 6.50.